The number of carbonyl (C=O) groups excluding carboxylic acids is 1. The Balaban J connectivity index is 2.49. The average molecular weight is 313 g/mol. The summed E-state index contributed by atoms with van der Waals surface area (Å²) < 4.78 is 1.06. The van der Waals surface area contributed by atoms with E-state index >= 15 is 0 Å². The van der Waals surface area contributed by atoms with Crippen LogP contribution in [0.3, 0.4) is 0 Å². The maximum atomic E-state index is 11.8. The second kappa shape index (κ2) is 6.90. The van der Waals surface area contributed by atoms with Crippen LogP contribution in [-0.4, -0.2) is 18.0 Å². The van der Waals surface area contributed by atoms with Crippen LogP contribution in [0.15, 0.2) is 28.7 Å². The van der Waals surface area contributed by atoms with Gasteiger partial charge in [0.25, 0.3) is 0 Å². The van der Waals surface area contributed by atoms with Gasteiger partial charge in [-0.3, -0.25) is 4.79 Å². The predicted molar refractivity (Wildman–Crippen MR) is 78.3 cm³/mol. The van der Waals surface area contributed by atoms with Gasteiger partial charge in [0.15, 0.2) is 0 Å². The first-order valence-corrected chi connectivity index (χ1v) is 7.00. The summed E-state index contributed by atoms with van der Waals surface area (Å²) in [6.07, 6.45) is 0.809. The molecule has 1 unspecified atom stereocenters. The Bertz CT molecular complexity index is 389. The molecule has 100 valence electrons. The van der Waals surface area contributed by atoms with Crippen LogP contribution in [0.2, 0.25) is 0 Å². The summed E-state index contributed by atoms with van der Waals surface area (Å²) >= 11 is 3.40. The van der Waals surface area contributed by atoms with E-state index in [1.165, 1.54) is 5.56 Å². The molecule has 1 aromatic carbocycles. The minimum absolute atomic E-state index is 0.0744. The number of hydrogen-bond donors (Lipinski definition) is 2. The zero-order chi connectivity index (χ0) is 13.7. The van der Waals surface area contributed by atoms with Crippen molar-refractivity contribution in [3.05, 3.63) is 34.3 Å². The van der Waals surface area contributed by atoms with Crippen LogP contribution in [-0.2, 0) is 11.2 Å². The average Bonchev–Trinajstić information content (AvgIpc) is 2.30. The molecule has 0 heterocycles. The van der Waals surface area contributed by atoms with Gasteiger partial charge in [-0.1, -0.05) is 41.9 Å². The lowest BCUT2D eigenvalue weighted by Crippen LogP contribution is -2.47. The van der Waals surface area contributed by atoms with E-state index in [-0.39, 0.29) is 17.9 Å². The third-order valence-corrected chi connectivity index (χ3v) is 3.39. The Hall–Kier alpha value is -0.870. The normalized spacial score (nSPS) is 14.3. The summed E-state index contributed by atoms with van der Waals surface area (Å²) in [5.41, 5.74) is 7.00. The fraction of sp³-hybridized carbons (Fsp3) is 0.500. The first-order chi connectivity index (χ1) is 8.40. The van der Waals surface area contributed by atoms with Gasteiger partial charge < -0.3 is 11.1 Å². The predicted octanol–water partition coefficient (Wildman–Crippen LogP) is 2.48. The highest BCUT2D eigenvalue weighted by atomic mass is 79.9. The van der Waals surface area contributed by atoms with Crippen LogP contribution in [0.25, 0.3) is 0 Å². The molecular weight excluding hydrogens is 292 g/mol. The minimum Gasteiger partial charge on any atom is -0.352 e. The molecule has 1 rings (SSSR count). The monoisotopic (exact) mass is 312 g/mol. The maximum Gasteiger partial charge on any atom is 0.237 e. The molecule has 2 atom stereocenters. The van der Waals surface area contributed by atoms with E-state index in [1.807, 2.05) is 32.9 Å². The van der Waals surface area contributed by atoms with E-state index in [9.17, 15) is 4.79 Å². The van der Waals surface area contributed by atoms with E-state index in [1.54, 1.807) is 0 Å². The van der Waals surface area contributed by atoms with Crippen LogP contribution in [0, 0.1) is 5.92 Å². The Morgan fingerprint density at radius 2 is 1.83 bits per heavy atom. The van der Waals surface area contributed by atoms with Gasteiger partial charge >= 0.3 is 0 Å². The van der Waals surface area contributed by atoms with Crippen molar-refractivity contribution in [1.82, 2.24) is 5.32 Å². The van der Waals surface area contributed by atoms with Crippen molar-refractivity contribution in [1.29, 1.82) is 0 Å². The molecule has 0 bridgehead atoms. The van der Waals surface area contributed by atoms with Crippen LogP contribution < -0.4 is 11.1 Å². The Labute approximate surface area is 117 Å². The van der Waals surface area contributed by atoms with E-state index in [4.69, 9.17) is 5.73 Å². The Morgan fingerprint density at radius 1 is 1.28 bits per heavy atom. The first kappa shape index (κ1) is 15.2. The van der Waals surface area contributed by atoms with Gasteiger partial charge in [0.05, 0.1) is 6.04 Å². The van der Waals surface area contributed by atoms with Gasteiger partial charge in [-0.05, 0) is 37.0 Å². The highest BCUT2D eigenvalue weighted by Crippen LogP contribution is 2.12. The highest BCUT2D eigenvalue weighted by Gasteiger charge is 2.18. The molecule has 18 heavy (non-hydrogen) atoms. The highest BCUT2D eigenvalue weighted by molar-refractivity contribution is 9.10. The summed E-state index contributed by atoms with van der Waals surface area (Å²) in [7, 11) is 0. The molecule has 0 saturated carbocycles. The molecule has 0 radical (unpaired) electrons. The van der Waals surface area contributed by atoms with Crippen LogP contribution in [0.1, 0.15) is 26.3 Å². The Kier molecular flexibility index (Phi) is 5.82. The molecular formula is C14H21BrN2O. The van der Waals surface area contributed by atoms with Gasteiger partial charge in [0, 0.05) is 10.5 Å². The van der Waals surface area contributed by atoms with Crippen molar-refractivity contribution in [2.75, 3.05) is 0 Å². The lowest BCUT2D eigenvalue weighted by Gasteiger charge is -2.19. The standard InChI is InChI=1S/C14H21BrN2O/c1-9(2)13(16)14(18)17-10(3)8-11-4-6-12(15)7-5-11/h4-7,9-10,13H,8,16H2,1-3H3,(H,17,18)/t10?,13-/m0/s1. The fourth-order valence-corrected chi connectivity index (χ4v) is 1.93. The SMILES string of the molecule is CC(Cc1ccc(Br)cc1)NC(=O)[C@@H](N)C(C)C. The number of rotatable bonds is 5. The maximum absolute atomic E-state index is 11.8. The van der Waals surface area contributed by atoms with Gasteiger partial charge in [-0.25, -0.2) is 0 Å². The Morgan fingerprint density at radius 3 is 2.33 bits per heavy atom. The molecule has 0 spiro atoms. The molecule has 0 aliphatic rings. The largest absolute Gasteiger partial charge is 0.352 e. The molecule has 4 heteroatoms. The number of nitrogens with one attached hydrogen (secondary N) is 1. The third-order valence-electron chi connectivity index (χ3n) is 2.86. The number of nitrogens with two attached hydrogens (primary N) is 1. The summed E-state index contributed by atoms with van der Waals surface area (Å²) in [4.78, 5) is 11.8. The smallest absolute Gasteiger partial charge is 0.237 e. The number of halogens is 1. The molecule has 1 aromatic rings. The molecule has 0 aliphatic heterocycles. The summed E-state index contributed by atoms with van der Waals surface area (Å²) in [6.45, 7) is 5.89. The van der Waals surface area contributed by atoms with Crippen molar-refractivity contribution < 1.29 is 4.79 Å². The second-order valence-corrected chi connectivity index (χ2v) is 5.93. The molecule has 0 fully saturated rings. The van der Waals surface area contributed by atoms with Gasteiger partial charge in [0.1, 0.15) is 0 Å². The van der Waals surface area contributed by atoms with Crippen molar-refractivity contribution in [2.24, 2.45) is 11.7 Å². The second-order valence-electron chi connectivity index (χ2n) is 5.01. The summed E-state index contributed by atoms with van der Waals surface area (Å²) in [5, 5.41) is 2.95. The topological polar surface area (TPSA) is 55.1 Å². The van der Waals surface area contributed by atoms with E-state index < -0.39 is 6.04 Å². The number of carbonyl (C=O) groups is 1. The lowest BCUT2D eigenvalue weighted by atomic mass is 10.0. The van der Waals surface area contributed by atoms with Gasteiger partial charge in [-0.2, -0.15) is 0 Å². The van der Waals surface area contributed by atoms with Crippen LogP contribution in [0.4, 0.5) is 0 Å². The minimum atomic E-state index is -0.433. The van der Waals surface area contributed by atoms with Crippen molar-refractivity contribution in [3.8, 4) is 0 Å². The zero-order valence-electron chi connectivity index (χ0n) is 11.1. The summed E-state index contributed by atoms with van der Waals surface area (Å²) in [5.74, 6) is 0.0829. The third kappa shape index (κ3) is 4.78. The lowest BCUT2D eigenvalue weighted by molar-refractivity contribution is -0.123. The van der Waals surface area contributed by atoms with Crippen molar-refractivity contribution in [3.63, 3.8) is 0 Å². The van der Waals surface area contributed by atoms with Gasteiger partial charge in [0.2, 0.25) is 5.91 Å². The van der Waals surface area contributed by atoms with Crippen LogP contribution in [0.5, 0.6) is 0 Å². The molecule has 0 aromatic heterocycles. The van der Waals surface area contributed by atoms with E-state index in [0.29, 0.717) is 0 Å². The van der Waals surface area contributed by atoms with Crippen LogP contribution >= 0.6 is 15.9 Å². The molecule has 1 amide bonds. The van der Waals surface area contributed by atoms with E-state index in [0.717, 1.165) is 10.9 Å². The molecule has 0 aliphatic carbocycles. The number of hydrogen-bond acceptors (Lipinski definition) is 2. The molecule has 3 nitrogen and oxygen atoms in total. The van der Waals surface area contributed by atoms with E-state index in [2.05, 4.69) is 33.4 Å². The fourth-order valence-electron chi connectivity index (χ4n) is 1.67. The quantitative estimate of drug-likeness (QED) is 0.877. The van der Waals surface area contributed by atoms with Crippen molar-refractivity contribution >= 4 is 21.8 Å². The number of benzene rings is 1. The molecule has 0 saturated heterocycles. The number of amides is 1. The zero-order valence-corrected chi connectivity index (χ0v) is 12.7. The first-order valence-electron chi connectivity index (χ1n) is 6.20. The van der Waals surface area contributed by atoms with Gasteiger partial charge in [-0.15, -0.1) is 0 Å². The molecule has 3 N–H and O–H groups in total. The van der Waals surface area contributed by atoms with Crippen molar-refractivity contribution in [2.45, 2.75) is 39.3 Å². The summed E-state index contributed by atoms with van der Waals surface area (Å²) in [6, 6.07) is 7.76.